The second-order valence-corrected chi connectivity index (χ2v) is 6.95. The van der Waals surface area contributed by atoms with Gasteiger partial charge in [-0.05, 0) is 31.2 Å². The van der Waals surface area contributed by atoms with Crippen molar-refractivity contribution in [2.75, 3.05) is 11.1 Å². The molecule has 1 aromatic heterocycles. The Balaban J connectivity index is 1.63. The predicted octanol–water partition coefficient (Wildman–Crippen LogP) is 4.23. The van der Waals surface area contributed by atoms with Crippen LogP contribution in [0.15, 0.2) is 53.9 Å². The Kier molecular flexibility index (Phi) is 5.73. The highest BCUT2D eigenvalue weighted by Gasteiger charge is 2.20. The van der Waals surface area contributed by atoms with E-state index < -0.39 is 18.0 Å². The average Bonchev–Trinajstić information content (AvgIpc) is 3.10. The van der Waals surface area contributed by atoms with Crippen molar-refractivity contribution in [3.8, 4) is 11.3 Å². The number of carbonyl (C=O) groups is 2. The number of nitrogens with two attached hydrogens (primary N) is 1. The fourth-order valence-corrected chi connectivity index (χ4v) is 3.22. The molecule has 27 heavy (non-hydrogen) atoms. The van der Waals surface area contributed by atoms with Gasteiger partial charge in [0.1, 0.15) is 0 Å². The minimum atomic E-state index is -0.994. The van der Waals surface area contributed by atoms with E-state index in [0.717, 1.165) is 5.56 Å². The quantitative estimate of drug-likeness (QED) is 0.492. The smallest absolute Gasteiger partial charge is 0.338 e. The van der Waals surface area contributed by atoms with Crippen LogP contribution < -0.4 is 11.1 Å². The Morgan fingerprint density at radius 3 is 2.74 bits per heavy atom. The lowest BCUT2D eigenvalue weighted by molar-refractivity contribution is -0.123. The number of hydrogen-bond acceptors (Lipinski definition) is 6. The molecule has 6 nitrogen and oxygen atoms in total. The second kappa shape index (κ2) is 8.20. The first-order valence-electron chi connectivity index (χ1n) is 8.02. The first-order chi connectivity index (χ1) is 12.9. The lowest BCUT2D eigenvalue weighted by atomic mass is 10.2. The summed E-state index contributed by atoms with van der Waals surface area (Å²) in [5, 5.41) is 5.40. The molecule has 1 atom stereocenters. The molecule has 2 aromatic carbocycles. The number of carbonyl (C=O) groups excluding carboxylic acids is 2. The summed E-state index contributed by atoms with van der Waals surface area (Å²) in [6.07, 6.45) is -0.994. The standard InChI is InChI=1S/C19H16ClN3O3S/c1-11(26-18(25)12-5-4-6-13(21)9-12)17(24)23-19-22-16(10-27-19)14-7-2-3-8-15(14)20/h2-11H,21H2,1H3,(H,22,23,24). The third-order valence-corrected chi connectivity index (χ3v) is 4.75. The van der Waals surface area contributed by atoms with E-state index in [-0.39, 0.29) is 5.56 Å². The molecule has 1 amide bonds. The lowest BCUT2D eigenvalue weighted by Gasteiger charge is -2.12. The molecule has 1 unspecified atom stereocenters. The Morgan fingerprint density at radius 2 is 2.00 bits per heavy atom. The largest absolute Gasteiger partial charge is 0.449 e. The van der Waals surface area contributed by atoms with Crippen molar-refractivity contribution in [1.29, 1.82) is 0 Å². The zero-order chi connectivity index (χ0) is 19.4. The summed E-state index contributed by atoms with van der Waals surface area (Å²) in [6.45, 7) is 1.49. The third-order valence-electron chi connectivity index (χ3n) is 3.66. The summed E-state index contributed by atoms with van der Waals surface area (Å²) in [7, 11) is 0. The molecule has 138 valence electrons. The first-order valence-corrected chi connectivity index (χ1v) is 9.27. The van der Waals surface area contributed by atoms with Gasteiger partial charge in [0.25, 0.3) is 5.91 Å². The van der Waals surface area contributed by atoms with Crippen LogP contribution in [0.2, 0.25) is 5.02 Å². The van der Waals surface area contributed by atoms with Crippen LogP contribution in [0.25, 0.3) is 11.3 Å². The topological polar surface area (TPSA) is 94.3 Å². The number of nitrogen functional groups attached to an aromatic ring is 1. The number of anilines is 2. The van der Waals surface area contributed by atoms with Gasteiger partial charge in [0.2, 0.25) is 0 Å². The summed E-state index contributed by atoms with van der Waals surface area (Å²) in [6, 6.07) is 13.7. The van der Waals surface area contributed by atoms with Crippen molar-refractivity contribution in [3.05, 3.63) is 64.5 Å². The molecule has 3 N–H and O–H groups in total. The number of amides is 1. The number of esters is 1. The second-order valence-electron chi connectivity index (χ2n) is 5.68. The summed E-state index contributed by atoms with van der Waals surface area (Å²) < 4.78 is 5.19. The van der Waals surface area contributed by atoms with E-state index in [1.807, 2.05) is 18.2 Å². The fraction of sp³-hybridized carbons (Fsp3) is 0.105. The molecule has 0 aliphatic carbocycles. The number of aromatic nitrogens is 1. The number of rotatable bonds is 5. The molecular weight excluding hydrogens is 386 g/mol. The molecule has 0 fully saturated rings. The van der Waals surface area contributed by atoms with Crippen LogP contribution in [0.4, 0.5) is 10.8 Å². The van der Waals surface area contributed by atoms with Gasteiger partial charge < -0.3 is 10.5 Å². The van der Waals surface area contributed by atoms with Crippen LogP contribution >= 0.6 is 22.9 Å². The number of halogens is 1. The van der Waals surface area contributed by atoms with Crippen LogP contribution in [-0.2, 0) is 9.53 Å². The number of nitrogens with zero attached hydrogens (tertiary/aromatic N) is 1. The Labute approximate surface area is 164 Å². The predicted molar refractivity (Wildman–Crippen MR) is 107 cm³/mol. The van der Waals surface area contributed by atoms with E-state index in [4.69, 9.17) is 22.1 Å². The minimum absolute atomic E-state index is 0.282. The molecule has 3 rings (SSSR count). The van der Waals surface area contributed by atoms with E-state index in [1.54, 1.807) is 29.6 Å². The van der Waals surface area contributed by atoms with Crippen molar-refractivity contribution in [1.82, 2.24) is 4.98 Å². The highest BCUT2D eigenvalue weighted by Crippen LogP contribution is 2.30. The van der Waals surface area contributed by atoms with Gasteiger partial charge in [-0.1, -0.05) is 35.9 Å². The van der Waals surface area contributed by atoms with E-state index in [0.29, 0.717) is 21.5 Å². The van der Waals surface area contributed by atoms with Crippen molar-refractivity contribution in [3.63, 3.8) is 0 Å². The average molecular weight is 402 g/mol. The number of thiazole rings is 1. The van der Waals surface area contributed by atoms with Crippen molar-refractivity contribution >= 4 is 45.6 Å². The molecule has 1 heterocycles. The normalized spacial score (nSPS) is 11.6. The zero-order valence-electron chi connectivity index (χ0n) is 14.3. The fourth-order valence-electron chi connectivity index (χ4n) is 2.28. The van der Waals surface area contributed by atoms with E-state index in [9.17, 15) is 9.59 Å². The summed E-state index contributed by atoms with van der Waals surface area (Å²) in [4.78, 5) is 28.7. The number of benzene rings is 2. The molecule has 0 radical (unpaired) electrons. The molecule has 0 spiro atoms. The SMILES string of the molecule is CC(OC(=O)c1cccc(N)c1)C(=O)Nc1nc(-c2ccccc2Cl)cs1. The van der Waals surface area contributed by atoms with Gasteiger partial charge in [0, 0.05) is 21.7 Å². The molecule has 0 saturated heterocycles. The number of hydrogen-bond donors (Lipinski definition) is 2. The highest BCUT2D eigenvalue weighted by atomic mass is 35.5. The zero-order valence-corrected chi connectivity index (χ0v) is 15.9. The van der Waals surface area contributed by atoms with Gasteiger partial charge in [0.05, 0.1) is 11.3 Å². The summed E-state index contributed by atoms with van der Waals surface area (Å²) >= 11 is 7.42. The lowest BCUT2D eigenvalue weighted by Crippen LogP contribution is -2.30. The van der Waals surface area contributed by atoms with Gasteiger partial charge in [-0.3, -0.25) is 10.1 Å². The molecule has 0 aliphatic rings. The maximum absolute atomic E-state index is 12.3. The molecule has 0 aliphatic heterocycles. The van der Waals surface area contributed by atoms with Crippen LogP contribution in [0.3, 0.4) is 0 Å². The van der Waals surface area contributed by atoms with Gasteiger partial charge in [-0.25, -0.2) is 9.78 Å². The van der Waals surface area contributed by atoms with Crippen molar-refractivity contribution < 1.29 is 14.3 Å². The van der Waals surface area contributed by atoms with Crippen LogP contribution in [0.1, 0.15) is 17.3 Å². The Morgan fingerprint density at radius 1 is 1.22 bits per heavy atom. The maximum Gasteiger partial charge on any atom is 0.338 e. The molecule has 0 bridgehead atoms. The van der Waals surface area contributed by atoms with Gasteiger partial charge >= 0.3 is 5.97 Å². The molecular formula is C19H16ClN3O3S. The first kappa shape index (κ1) is 18.9. The minimum Gasteiger partial charge on any atom is -0.449 e. The van der Waals surface area contributed by atoms with Crippen LogP contribution in [0.5, 0.6) is 0 Å². The van der Waals surface area contributed by atoms with Crippen molar-refractivity contribution in [2.45, 2.75) is 13.0 Å². The summed E-state index contributed by atoms with van der Waals surface area (Å²) in [5.41, 5.74) is 7.80. The molecule has 8 heteroatoms. The van der Waals surface area contributed by atoms with Crippen LogP contribution in [0, 0.1) is 0 Å². The number of nitrogens with one attached hydrogen (secondary N) is 1. The van der Waals surface area contributed by atoms with E-state index in [1.165, 1.54) is 24.3 Å². The van der Waals surface area contributed by atoms with E-state index in [2.05, 4.69) is 10.3 Å². The van der Waals surface area contributed by atoms with Crippen LogP contribution in [-0.4, -0.2) is 23.0 Å². The monoisotopic (exact) mass is 401 g/mol. The van der Waals surface area contributed by atoms with Crippen molar-refractivity contribution in [2.24, 2.45) is 0 Å². The number of ether oxygens (including phenoxy) is 1. The Hall–Kier alpha value is -2.90. The van der Waals surface area contributed by atoms with Gasteiger partial charge in [-0.2, -0.15) is 0 Å². The third kappa shape index (κ3) is 4.64. The summed E-state index contributed by atoms with van der Waals surface area (Å²) in [5.74, 6) is -1.10. The van der Waals surface area contributed by atoms with E-state index >= 15 is 0 Å². The van der Waals surface area contributed by atoms with Gasteiger partial charge in [-0.15, -0.1) is 11.3 Å². The Bertz CT molecular complexity index is 990. The maximum atomic E-state index is 12.3. The van der Waals surface area contributed by atoms with Gasteiger partial charge in [0.15, 0.2) is 11.2 Å². The highest BCUT2D eigenvalue weighted by molar-refractivity contribution is 7.14. The molecule has 3 aromatic rings. The molecule has 0 saturated carbocycles.